The molecule has 0 aliphatic rings. The Hall–Kier alpha value is -3.87. The smallest absolute Gasteiger partial charge is 0.229 e. The van der Waals surface area contributed by atoms with E-state index in [2.05, 4.69) is 54.7 Å². The zero-order valence-corrected chi connectivity index (χ0v) is 14.4. The van der Waals surface area contributed by atoms with E-state index in [1.807, 2.05) is 24.4 Å². The van der Waals surface area contributed by atoms with Gasteiger partial charge in [0.2, 0.25) is 5.95 Å². The highest BCUT2D eigenvalue weighted by atomic mass is 15.1. The molecule has 3 heterocycles. The number of nitrogens with one attached hydrogen (secondary N) is 3. The van der Waals surface area contributed by atoms with Gasteiger partial charge in [-0.25, -0.2) is 4.98 Å². The van der Waals surface area contributed by atoms with Crippen molar-refractivity contribution >= 4 is 39.3 Å². The second-order valence-electron chi connectivity index (χ2n) is 6.44. The van der Waals surface area contributed by atoms with Crippen LogP contribution in [-0.2, 0) is 6.42 Å². The molecular weight excluding hydrogens is 338 g/mol. The molecule has 132 valence electrons. The summed E-state index contributed by atoms with van der Waals surface area (Å²) in [5, 5.41) is 12.4. The number of aromatic nitrogens is 5. The van der Waals surface area contributed by atoms with Crippen molar-refractivity contribution in [2.24, 2.45) is 0 Å². The maximum absolute atomic E-state index is 6.19. The van der Waals surface area contributed by atoms with E-state index >= 15 is 0 Å². The number of anilines is 3. The summed E-state index contributed by atoms with van der Waals surface area (Å²) in [6.45, 7) is 0. The van der Waals surface area contributed by atoms with Crippen molar-refractivity contribution in [3.63, 3.8) is 0 Å². The fourth-order valence-electron chi connectivity index (χ4n) is 3.25. The summed E-state index contributed by atoms with van der Waals surface area (Å²) in [4.78, 5) is 12.1. The first-order valence-corrected chi connectivity index (χ1v) is 8.63. The molecule has 7 heteroatoms. The van der Waals surface area contributed by atoms with Gasteiger partial charge in [0, 0.05) is 35.3 Å². The molecule has 7 nitrogen and oxygen atoms in total. The summed E-state index contributed by atoms with van der Waals surface area (Å²) in [5.74, 6) is 0.937. The Balaban J connectivity index is 1.40. The van der Waals surface area contributed by atoms with Crippen LogP contribution >= 0.6 is 0 Å². The van der Waals surface area contributed by atoms with E-state index in [0.29, 0.717) is 18.2 Å². The fourth-order valence-corrected chi connectivity index (χ4v) is 3.25. The van der Waals surface area contributed by atoms with E-state index in [0.717, 1.165) is 27.7 Å². The molecule has 0 saturated heterocycles. The molecule has 5 aromatic rings. The standard InChI is InChI=1S/C20H17N7/c21-19-14(9-12-4-5-16-13(8-12)6-7-22-16)10-23-20(26-19)25-17-2-1-3-18-15(17)11-24-27-18/h1-8,10-11,22H,9H2,(H,24,27)(H3,21,23,25,26). The maximum Gasteiger partial charge on any atom is 0.229 e. The maximum atomic E-state index is 6.19. The molecule has 0 saturated carbocycles. The van der Waals surface area contributed by atoms with E-state index in [1.54, 1.807) is 12.4 Å². The Labute approximate surface area is 154 Å². The molecule has 0 unspecified atom stereocenters. The van der Waals surface area contributed by atoms with Gasteiger partial charge in [-0.2, -0.15) is 10.1 Å². The summed E-state index contributed by atoms with van der Waals surface area (Å²) >= 11 is 0. The summed E-state index contributed by atoms with van der Waals surface area (Å²) in [6, 6.07) is 14.2. The van der Waals surface area contributed by atoms with Crippen molar-refractivity contribution in [3.05, 3.63) is 72.2 Å². The molecule has 0 bridgehead atoms. The van der Waals surface area contributed by atoms with Gasteiger partial charge in [0.25, 0.3) is 0 Å². The predicted molar refractivity (Wildman–Crippen MR) is 107 cm³/mol. The number of fused-ring (bicyclic) bond motifs is 2. The second kappa shape index (κ2) is 6.14. The van der Waals surface area contributed by atoms with E-state index < -0.39 is 0 Å². The van der Waals surface area contributed by atoms with Gasteiger partial charge in [-0.3, -0.25) is 5.10 Å². The van der Waals surface area contributed by atoms with Crippen LogP contribution in [0.5, 0.6) is 0 Å². The molecule has 0 fully saturated rings. The molecule has 0 aliphatic heterocycles. The molecule has 0 radical (unpaired) electrons. The first kappa shape index (κ1) is 15.4. The van der Waals surface area contributed by atoms with Gasteiger partial charge in [0.1, 0.15) is 5.82 Å². The highest BCUT2D eigenvalue weighted by molar-refractivity contribution is 5.92. The number of nitrogens with two attached hydrogens (primary N) is 1. The molecular formula is C20H17N7. The SMILES string of the molecule is Nc1nc(Nc2cccc3[nH]ncc23)ncc1Cc1ccc2[nH]ccc2c1. The number of rotatable bonds is 4. The van der Waals surface area contributed by atoms with E-state index in [4.69, 9.17) is 5.73 Å². The van der Waals surface area contributed by atoms with Crippen LogP contribution in [0.15, 0.2) is 61.1 Å². The minimum absolute atomic E-state index is 0.464. The highest BCUT2D eigenvalue weighted by Gasteiger charge is 2.09. The first-order valence-electron chi connectivity index (χ1n) is 8.63. The van der Waals surface area contributed by atoms with Crippen molar-refractivity contribution < 1.29 is 0 Å². The van der Waals surface area contributed by atoms with Gasteiger partial charge in [-0.05, 0) is 41.3 Å². The largest absolute Gasteiger partial charge is 0.383 e. The second-order valence-corrected chi connectivity index (χ2v) is 6.44. The van der Waals surface area contributed by atoms with Crippen LogP contribution in [0, 0.1) is 0 Å². The molecule has 2 aromatic carbocycles. The Morgan fingerprint density at radius 2 is 2.00 bits per heavy atom. The number of benzene rings is 2. The van der Waals surface area contributed by atoms with Crippen LogP contribution < -0.4 is 11.1 Å². The molecule has 5 N–H and O–H groups in total. The summed E-state index contributed by atoms with van der Waals surface area (Å²) in [7, 11) is 0. The monoisotopic (exact) mass is 355 g/mol. The van der Waals surface area contributed by atoms with Crippen LogP contribution in [0.4, 0.5) is 17.5 Å². The third-order valence-corrected chi connectivity index (χ3v) is 4.64. The number of H-pyrrole nitrogens is 2. The minimum Gasteiger partial charge on any atom is -0.383 e. The molecule has 0 atom stereocenters. The molecule has 0 amide bonds. The van der Waals surface area contributed by atoms with Crippen molar-refractivity contribution in [2.45, 2.75) is 6.42 Å². The number of hydrogen-bond acceptors (Lipinski definition) is 5. The van der Waals surface area contributed by atoms with Crippen molar-refractivity contribution in [1.29, 1.82) is 0 Å². The quantitative estimate of drug-likeness (QED) is 0.393. The van der Waals surface area contributed by atoms with Gasteiger partial charge < -0.3 is 16.0 Å². The van der Waals surface area contributed by atoms with E-state index in [-0.39, 0.29) is 0 Å². The average Bonchev–Trinajstić information content (AvgIpc) is 3.33. The van der Waals surface area contributed by atoms with Crippen molar-refractivity contribution in [3.8, 4) is 0 Å². The van der Waals surface area contributed by atoms with Crippen LogP contribution in [0.25, 0.3) is 21.8 Å². The van der Waals surface area contributed by atoms with Gasteiger partial charge in [0.15, 0.2) is 0 Å². The Morgan fingerprint density at radius 3 is 2.93 bits per heavy atom. The Kier molecular flexibility index (Phi) is 3.50. The lowest BCUT2D eigenvalue weighted by Crippen LogP contribution is -2.04. The van der Waals surface area contributed by atoms with Gasteiger partial charge in [-0.15, -0.1) is 0 Å². The van der Waals surface area contributed by atoms with Crippen LogP contribution in [0.1, 0.15) is 11.1 Å². The lowest BCUT2D eigenvalue weighted by Gasteiger charge is -2.09. The lowest BCUT2D eigenvalue weighted by molar-refractivity contribution is 1.09. The minimum atomic E-state index is 0.464. The average molecular weight is 355 g/mol. The summed E-state index contributed by atoms with van der Waals surface area (Å²) in [6.07, 6.45) is 6.17. The fraction of sp³-hybridized carbons (Fsp3) is 0.0500. The van der Waals surface area contributed by atoms with E-state index in [1.165, 1.54) is 10.9 Å². The number of hydrogen-bond donors (Lipinski definition) is 4. The summed E-state index contributed by atoms with van der Waals surface area (Å²) < 4.78 is 0. The molecule has 3 aromatic heterocycles. The number of aromatic amines is 2. The van der Waals surface area contributed by atoms with Crippen molar-refractivity contribution in [2.75, 3.05) is 11.1 Å². The first-order chi connectivity index (χ1) is 13.3. The number of nitrogen functional groups attached to an aromatic ring is 1. The zero-order chi connectivity index (χ0) is 18.2. The Morgan fingerprint density at radius 1 is 1.04 bits per heavy atom. The zero-order valence-electron chi connectivity index (χ0n) is 14.4. The normalized spacial score (nSPS) is 11.3. The molecule has 27 heavy (non-hydrogen) atoms. The Bertz CT molecular complexity index is 1250. The molecule has 0 spiro atoms. The topological polar surface area (TPSA) is 108 Å². The van der Waals surface area contributed by atoms with Gasteiger partial charge in [0.05, 0.1) is 17.4 Å². The third kappa shape index (κ3) is 2.85. The van der Waals surface area contributed by atoms with Gasteiger partial charge in [-0.1, -0.05) is 12.1 Å². The van der Waals surface area contributed by atoms with Gasteiger partial charge >= 0.3 is 0 Å². The number of nitrogens with zero attached hydrogens (tertiary/aromatic N) is 3. The van der Waals surface area contributed by atoms with Crippen LogP contribution in [0.2, 0.25) is 0 Å². The van der Waals surface area contributed by atoms with Crippen molar-refractivity contribution in [1.82, 2.24) is 25.1 Å². The predicted octanol–water partition coefficient (Wildman–Crippen LogP) is 3.75. The van der Waals surface area contributed by atoms with Crippen LogP contribution in [-0.4, -0.2) is 25.1 Å². The third-order valence-electron chi connectivity index (χ3n) is 4.64. The summed E-state index contributed by atoms with van der Waals surface area (Å²) in [5.41, 5.74) is 11.2. The van der Waals surface area contributed by atoms with E-state index in [9.17, 15) is 0 Å². The molecule has 0 aliphatic carbocycles. The molecule has 5 rings (SSSR count). The van der Waals surface area contributed by atoms with Crippen LogP contribution in [0.3, 0.4) is 0 Å². The highest BCUT2D eigenvalue weighted by Crippen LogP contribution is 2.25. The lowest BCUT2D eigenvalue weighted by atomic mass is 10.1.